The van der Waals surface area contributed by atoms with Crippen LogP contribution in [0.1, 0.15) is 18.4 Å². The van der Waals surface area contributed by atoms with Crippen LogP contribution in [0.3, 0.4) is 0 Å². The van der Waals surface area contributed by atoms with Crippen molar-refractivity contribution in [3.8, 4) is 5.75 Å². The van der Waals surface area contributed by atoms with E-state index in [1.54, 1.807) is 0 Å². The van der Waals surface area contributed by atoms with E-state index >= 15 is 0 Å². The first-order valence-electron chi connectivity index (χ1n) is 6.48. The number of allylic oxidation sites excluding steroid dienone is 1. The zero-order chi connectivity index (χ0) is 13.0. The number of anilines is 1. The van der Waals surface area contributed by atoms with Crippen molar-refractivity contribution in [2.45, 2.75) is 25.9 Å². The summed E-state index contributed by atoms with van der Waals surface area (Å²) in [6.07, 6.45) is 3.16. The molecular weight excluding hydrogens is 226 g/mol. The number of fused-ring (bicyclic) bond motifs is 1. The van der Waals surface area contributed by atoms with Crippen LogP contribution in [0, 0.1) is 6.92 Å². The monoisotopic (exact) mass is 247 g/mol. The minimum absolute atomic E-state index is 0.310. The Labute approximate surface area is 109 Å². The molecule has 3 heteroatoms. The van der Waals surface area contributed by atoms with E-state index in [4.69, 9.17) is 4.74 Å². The molecule has 3 nitrogen and oxygen atoms in total. The second-order valence-electron chi connectivity index (χ2n) is 4.79. The van der Waals surface area contributed by atoms with Gasteiger partial charge in [-0.2, -0.15) is 0 Å². The molecule has 1 unspecified atom stereocenters. The van der Waals surface area contributed by atoms with E-state index in [2.05, 4.69) is 36.6 Å². The second-order valence-corrected chi connectivity index (χ2v) is 4.79. The summed E-state index contributed by atoms with van der Waals surface area (Å²) < 4.78 is 5.66. The first kappa shape index (κ1) is 13.0. The third kappa shape index (κ3) is 3.05. The van der Waals surface area contributed by atoms with Gasteiger partial charge in [0.25, 0.3) is 0 Å². The fourth-order valence-corrected chi connectivity index (χ4v) is 2.23. The molecule has 0 fully saturated rings. The molecule has 0 radical (unpaired) electrons. The molecule has 1 aliphatic rings. The summed E-state index contributed by atoms with van der Waals surface area (Å²) in [6.45, 7) is 7.92. The summed E-state index contributed by atoms with van der Waals surface area (Å²) in [5, 5.41) is 9.98. The molecule has 1 aromatic carbocycles. The van der Waals surface area contributed by atoms with Crippen molar-refractivity contribution < 1.29 is 9.84 Å². The van der Waals surface area contributed by atoms with Gasteiger partial charge in [-0.3, -0.25) is 0 Å². The molecule has 18 heavy (non-hydrogen) atoms. The molecule has 98 valence electrons. The molecule has 1 atom stereocenters. The number of benzene rings is 1. The third-order valence-corrected chi connectivity index (χ3v) is 3.21. The van der Waals surface area contributed by atoms with E-state index in [0.29, 0.717) is 13.2 Å². The number of aryl methyl sites for hydroxylation is 1. The smallest absolute Gasteiger partial charge is 0.142 e. The predicted molar refractivity (Wildman–Crippen MR) is 74.3 cm³/mol. The van der Waals surface area contributed by atoms with Crippen LogP contribution in [0.25, 0.3) is 0 Å². The topological polar surface area (TPSA) is 32.7 Å². The van der Waals surface area contributed by atoms with Gasteiger partial charge in [-0.25, -0.2) is 0 Å². The van der Waals surface area contributed by atoms with Crippen molar-refractivity contribution in [3.63, 3.8) is 0 Å². The summed E-state index contributed by atoms with van der Waals surface area (Å²) >= 11 is 0. The number of hydrogen-bond acceptors (Lipinski definition) is 3. The maximum absolute atomic E-state index is 9.98. The highest BCUT2D eigenvalue weighted by Gasteiger charge is 2.20. The highest BCUT2D eigenvalue weighted by molar-refractivity contribution is 5.61. The number of β-amino-alcohol motifs (C(OH)–C–C–N with tert-alkyl or cyclic N) is 1. The van der Waals surface area contributed by atoms with Gasteiger partial charge in [0.15, 0.2) is 0 Å². The van der Waals surface area contributed by atoms with Gasteiger partial charge in [-0.15, -0.1) is 6.58 Å². The lowest BCUT2D eigenvalue weighted by molar-refractivity contribution is 0.167. The first-order valence-corrected chi connectivity index (χ1v) is 6.48. The quantitative estimate of drug-likeness (QED) is 0.812. The number of aliphatic hydroxyl groups excluding tert-OH is 1. The van der Waals surface area contributed by atoms with Gasteiger partial charge >= 0.3 is 0 Å². The van der Waals surface area contributed by atoms with E-state index in [-0.39, 0.29) is 6.10 Å². The van der Waals surface area contributed by atoms with Crippen LogP contribution >= 0.6 is 0 Å². The van der Waals surface area contributed by atoms with Crippen molar-refractivity contribution in [3.05, 3.63) is 36.4 Å². The number of hydrogen-bond donors (Lipinski definition) is 1. The van der Waals surface area contributed by atoms with Crippen molar-refractivity contribution >= 4 is 5.69 Å². The SMILES string of the molecule is C=CCCC(O)CN1CCOc2cc(C)ccc21. The Balaban J connectivity index is 2.05. The summed E-state index contributed by atoms with van der Waals surface area (Å²) in [5.74, 6) is 0.928. The second kappa shape index (κ2) is 5.91. The van der Waals surface area contributed by atoms with Crippen molar-refractivity contribution in [1.29, 1.82) is 0 Å². The summed E-state index contributed by atoms with van der Waals surface area (Å²) in [5.41, 5.74) is 2.28. The molecule has 0 amide bonds. The van der Waals surface area contributed by atoms with E-state index in [9.17, 15) is 5.11 Å². The minimum atomic E-state index is -0.310. The van der Waals surface area contributed by atoms with Crippen LogP contribution < -0.4 is 9.64 Å². The van der Waals surface area contributed by atoms with Crippen LogP contribution in [0.15, 0.2) is 30.9 Å². The molecule has 1 heterocycles. The summed E-state index contributed by atoms with van der Waals surface area (Å²) in [6, 6.07) is 6.21. The van der Waals surface area contributed by atoms with Crippen molar-refractivity contribution in [2.24, 2.45) is 0 Å². The zero-order valence-corrected chi connectivity index (χ0v) is 10.9. The Hall–Kier alpha value is -1.48. The Kier molecular flexibility index (Phi) is 4.26. The van der Waals surface area contributed by atoms with Gasteiger partial charge in [0, 0.05) is 6.54 Å². The number of ether oxygens (including phenoxy) is 1. The fraction of sp³-hybridized carbons (Fsp3) is 0.467. The molecule has 0 aromatic heterocycles. The van der Waals surface area contributed by atoms with Gasteiger partial charge in [0.2, 0.25) is 0 Å². The number of aliphatic hydroxyl groups is 1. The van der Waals surface area contributed by atoms with Crippen LogP contribution in [0.2, 0.25) is 0 Å². The average Bonchev–Trinajstić information content (AvgIpc) is 2.36. The largest absolute Gasteiger partial charge is 0.490 e. The van der Waals surface area contributed by atoms with Gasteiger partial charge in [0.1, 0.15) is 12.4 Å². The zero-order valence-electron chi connectivity index (χ0n) is 10.9. The molecule has 1 aromatic rings. The summed E-state index contributed by atoms with van der Waals surface area (Å²) in [7, 11) is 0. The van der Waals surface area contributed by atoms with E-state index < -0.39 is 0 Å². The molecule has 0 saturated heterocycles. The number of rotatable bonds is 5. The van der Waals surface area contributed by atoms with E-state index in [1.807, 2.05) is 6.08 Å². The molecule has 0 saturated carbocycles. The number of nitrogens with zero attached hydrogens (tertiary/aromatic N) is 1. The van der Waals surface area contributed by atoms with Crippen LogP contribution in [0.5, 0.6) is 5.75 Å². The Bertz CT molecular complexity index is 417. The normalized spacial score (nSPS) is 15.8. The molecular formula is C15H21NO2. The Morgan fingerprint density at radius 1 is 1.56 bits per heavy atom. The lowest BCUT2D eigenvalue weighted by atomic mass is 10.1. The van der Waals surface area contributed by atoms with Crippen LogP contribution in [-0.2, 0) is 0 Å². The highest BCUT2D eigenvalue weighted by Crippen LogP contribution is 2.32. The Morgan fingerprint density at radius 3 is 3.17 bits per heavy atom. The van der Waals surface area contributed by atoms with Crippen molar-refractivity contribution in [2.75, 3.05) is 24.6 Å². The Morgan fingerprint density at radius 2 is 2.39 bits per heavy atom. The van der Waals surface area contributed by atoms with Gasteiger partial charge < -0.3 is 14.7 Å². The average molecular weight is 247 g/mol. The molecule has 0 bridgehead atoms. The first-order chi connectivity index (χ1) is 8.70. The molecule has 0 aliphatic carbocycles. The van der Waals surface area contributed by atoms with Crippen LogP contribution in [0.4, 0.5) is 5.69 Å². The molecule has 1 aliphatic heterocycles. The standard InChI is InChI=1S/C15H21NO2/c1-3-4-5-13(17)11-16-8-9-18-15-10-12(2)6-7-14(15)16/h3,6-7,10,13,17H,1,4-5,8-9,11H2,2H3. The van der Waals surface area contributed by atoms with E-state index in [0.717, 1.165) is 30.8 Å². The summed E-state index contributed by atoms with van der Waals surface area (Å²) in [4.78, 5) is 2.20. The van der Waals surface area contributed by atoms with E-state index in [1.165, 1.54) is 5.56 Å². The maximum atomic E-state index is 9.98. The van der Waals surface area contributed by atoms with Gasteiger partial charge in [-0.05, 0) is 37.5 Å². The lowest BCUT2D eigenvalue weighted by Gasteiger charge is -2.32. The third-order valence-electron chi connectivity index (χ3n) is 3.21. The maximum Gasteiger partial charge on any atom is 0.142 e. The fourth-order valence-electron chi connectivity index (χ4n) is 2.23. The van der Waals surface area contributed by atoms with Crippen molar-refractivity contribution in [1.82, 2.24) is 0 Å². The predicted octanol–water partition coefficient (Wildman–Crippen LogP) is 2.52. The highest BCUT2D eigenvalue weighted by atomic mass is 16.5. The lowest BCUT2D eigenvalue weighted by Crippen LogP contribution is -2.38. The molecule has 2 rings (SSSR count). The minimum Gasteiger partial charge on any atom is -0.490 e. The van der Waals surface area contributed by atoms with Gasteiger partial charge in [-0.1, -0.05) is 12.1 Å². The van der Waals surface area contributed by atoms with Crippen LogP contribution in [-0.4, -0.2) is 30.9 Å². The van der Waals surface area contributed by atoms with Gasteiger partial charge in [0.05, 0.1) is 18.3 Å². The molecule has 0 spiro atoms. The molecule has 1 N–H and O–H groups in total.